The van der Waals surface area contributed by atoms with Crippen LogP contribution in [0.5, 0.6) is 0 Å². The Balaban J connectivity index is 2.32. The fourth-order valence-corrected chi connectivity index (χ4v) is 0. The van der Waals surface area contributed by atoms with Crippen molar-refractivity contribution in [2.24, 2.45) is 0 Å². The van der Waals surface area contributed by atoms with Gasteiger partial charge in [0.05, 0.1) is 0 Å². The van der Waals surface area contributed by atoms with Crippen molar-refractivity contribution in [1.82, 2.24) is 0 Å². The molecule has 0 aliphatic carbocycles. The van der Waals surface area contributed by atoms with Gasteiger partial charge in [0.2, 0.25) is 0 Å². The van der Waals surface area contributed by atoms with E-state index in [-0.39, 0.29) is 14.7 Å². The van der Waals surface area contributed by atoms with Crippen molar-refractivity contribution in [3.8, 4) is 0 Å². The molecular weight excluding hydrogens is 210 g/mol. The molecule has 0 saturated heterocycles. The van der Waals surface area contributed by atoms with Gasteiger partial charge in [0.25, 0.3) is 0 Å². The number of hydrogen-bond donors (Lipinski definition) is 0. The van der Waals surface area contributed by atoms with Gasteiger partial charge >= 0.3 is 39.0 Å². The third-order valence-corrected chi connectivity index (χ3v) is 0. The van der Waals surface area contributed by atoms with E-state index in [1.165, 1.54) is 0 Å². The predicted octanol–water partition coefficient (Wildman–Crippen LogP) is 2.01. The number of halogens is 1. The molecule has 0 radical (unpaired) electrons. The van der Waals surface area contributed by atoms with Crippen molar-refractivity contribution in [2.75, 3.05) is 0 Å². The molecule has 31 valence electrons. The maximum absolute atomic E-state index is 3.39. The van der Waals surface area contributed by atoms with Crippen LogP contribution >= 0.6 is 13.4 Å². The molecule has 2 heteroatoms. The first-order chi connectivity index (χ1) is 1.73. The standard InChI is InChI=1S/2CH3.BrH.Pd/h2*1H3;1H;/q;;;+1/p-1. The zero-order valence-electron chi connectivity index (χ0n) is 2.69. The summed E-state index contributed by atoms with van der Waals surface area (Å²) in [5.74, 6) is 0. The van der Waals surface area contributed by atoms with E-state index in [0.717, 1.165) is 0 Å². The molecule has 0 rings (SSSR count). The van der Waals surface area contributed by atoms with Crippen LogP contribution in [0.4, 0.5) is 0 Å². The summed E-state index contributed by atoms with van der Waals surface area (Å²) < 4.78 is 0. The van der Waals surface area contributed by atoms with Gasteiger partial charge in [0.1, 0.15) is 0 Å². The van der Waals surface area contributed by atoms with E-state index in [0.29, 0.717) is 0 Å². The zero-order valence-corrected chi connectivity index (χ0v) is 5.83. The van der Waals surface area contributed by atoms with E-state index in [1.54, 1.807) is 0 Å². The summed E-state index contributed by atoms with van der Waals surface area (Å²) in [7, 11) is 0. The average molecular weight is 216 g/mol. The molecule has 0 aliphatic rings. The van der Waals surface area contributed by atoms with Crippen LogP contribution in [0.1, 0.15) is 0 Å². The van der Waals surface area contributed by atoms with E-state index in [4.69, 9.17) is 0 Å². The molecule has 0 aliphatic heterocycles. The van der Waals surface area contributed by atoms with Gasteiger partial charge in [-0.2, -0.15) is 0 Å². The first kappa shape index (κ1) is 5.14. The SMILES string of the molecule is [CH3][Pd]([CH3])[Br]. The Labute approximate surface area is 39.1 Å². The van der Waals surface area contributed by atoms with E-state index < -0.39 is 0 Å². The first-order valence-corrected chi connectivity index (χ1v) is 7.42. The quantitative estimate of drug-likeness (QED) is 0.543. The Bertz CT molecular complexity index is 10.8. The Kier molecular flexibility index (Phi) is 3.06. The van der Waals surface area contributed by atoms with Gasteiger partial charge in [0.15, 0.2) is 0 Å². The van der Waals surface area contributed by atoms with Crippen LogP contribution in [0.2, 0.25) is 10.8 Å². The molecule has 0 aromatic rings. The molecule has 0 fully saturated rings. The summed E-state index contributed by atoms with van der Waals surface area (Å²) in [5.41, 5.74) is 0. The molecule has 4 heavy (non-hydrogen) atoms. The van der Waals surface area contributed by atoms with E-state index >= 15 is 0 Å². The van der Waals surface area contributed by atoms with Crippen molar-refractivity contribution in [1.29, 1.82) is 0 Å². The molecule has 0 bridgehead atoms. The van der Waals surface area contributed by atoms with Crippen molar-refractivity contribution < 1.29 is 14.7 Å². The fourth-order valence-electron chi connectivity index (χ4n) is 0. The van der Waals surface area contributed by atoms with E-state index in [9.17, 15) is 0 Å². The van der Waals surface area contributed by atoms with Crippen LogP contribution in [0.25, 0.3) is 0 Å². The van der Waals surface area contributed by atoms with Crippen LogP contribution < -0.4 is 0 Å². The Hall–Kier alpha value is 1.14. The second-order valence-electron chi connectivity index (χ2n) is 0.555. The van der Waals surface area contributed by atoms with Crippen LogP contribution in [0.3, 0.4) is 0 Å². The summed E-state index contributed by atoms with van der Waals surface area (Å²) in [6.07, 6.45) is 0. The summed E-state index contributed by atoms with van der Waals surface area (Å²) in [4.78, 5) is 0. The van der Waals surface area contributed by atoms with Crippen LogP contribution in [-0.2, 0) is 14.7 Å². The molecule has 0 N–H and O–H groups in total. The molecule has 0 amide bonds. The third kappa shape index (κ3) is 11.1. The maximum atomic E-state index is 3.39. The predicted molar refractivity (Wildman–Crippen MR) is 20.7 cm³/mol. The molecule has 0 aromatic carbocycles. The molecule has 0 atom stereocenters. The minimum absolute atomic E-state index is 0.171. The van der Waals surface area contributed by atoms with Crippen LogP contribution in [-0.4, -0.2) is 0 Å². The van der Waals surface area contributed by atoms with Gasteiger partial charge in [-0.1, -0.05) is 0 Å². The van der Waals surface area contributed by atoms with Crippen LogP contribution in [0.15, 0.2) is 0 Å². The topological polar surface area (TPSA) is 0 Å². The van der Waals surface area contributed by atoms with Crippen molar-refractivity contribution >= 4 is 13.4 Å². The van der Waals surface area contributed by atoms with Gasteiger partial charge < -0.3 is 0 Å². The minimum atomic E-state index is -0.171. The van der Waals surface area contributed by atoms with Gasteiger partial charge in [-0.15, -0.1) is 0 Å². The third-order valence-electron chi connectivity index (χ3n) is 0. The van der Waals surface area contributed by atoms with Crippen molar-refractivity contribution in [2.45, 2.75) is 10.8 Å². The van der Waals surface area contributed by atoms with Crippen molar-refractivity contribution in [3.05, 3.63) is 0 Å². The summed E-state index contributed by atoms with van der Waals surface area (Å²) >= 11 is 3.22. The van der Waals surface area contributed by atoms with Crippen LogP contribution in [0, 0.1) is 0 Å². The Morgan fingerprint density at radius 2 is 1.50 bits per heavy atom. The van der Waals surface area contributed by atoms with Gasteiger partial charge in [-0.05, 0) is 0 Å². The zero-order chi connectivity index (χ0) is 3.58. The molecule has 0 heterocycles. The summed E-state index contributed by atoms with van der Waals surface area (Å²) in [5, 5.41) is 4.40. The van der Waals surface area contributed by atoms with Gasteiger partial charge in [-0.25, -0.2) is 0 Å². The fraction of sp³-hybridized carbons (Fsp3) is 1.00. The van der Waals surface area contributed by atoms with E-state index in [1.807, 2.05) is 0 Å². The second kappa shape index (κ2) is 2.38. The molecule has 0 aromatic heterocycles. The number of rotatable bonds is 0. The Morgan fingerprint density at radius 1 is 1.50 bits per heavy atom. The Morgan fingerprint density at radius 3 is 1.50 bits per heavy atom. The van der Waals surface area contributed by atoms with E-state index in [2.05, 4.69) is 24.2 Å². The second-order valence-corrected chi connectivity index (χ2v) is 9.22. The number of hydrogen-bond acceptors (Lipinski definition) is 0. The summed E-state index contributed by atoms with van der Waals surface area (Å²) in [6.45, 7) is 0. The monoisotopic (exact) mass is 215 g/mol. The molecule has 0 nitrogen and oxygen atoms in total. The molecular formula is C2H6BrPd. The van der Waals surface area contributed by atoms with Crippen molar-refractivity contribution in [3.63, 3.8) is 0 Å². The van der Waals surface area contributed by atoms with Gasteiger partial charge in [-0.3, -0.25) is 0 Å². The molecule has 0 saturated carbocycles. The van der Waals surface area contributed by atoms with Gasteiger partial charge in [0, 0.05) is 0 Å². The summed E-state index contributed by atoms with van der Waals surface area (Å²) in [6, 6.07) is 0. The molecule has 0 spiro atoms. The first-order valence-electron chi connectivity index (χ1n) is 0.752. The average Bonchev–Trinajstić information content (AvgIpc) is 0.811. The molecule has 0 unspecified atom stereocenters. The normalized spacial score (nSPS) is 11.2.